The number of hydrogen-bond acceptors (Lipinski definition) is 3. The van der Waals surface area contributed by atoms with Crippen molar-refractivity contribution in [2.75, 3.05) is 7.11 Å². The summed E-state index contributed by atoms with van der Waals surface area (Å²) in [4.78, 5) is 17.9. The van der Waals surface area contributed by atoms with Crippen LogP contribution in [0.3, 0.4) is 0 Å². The molecule has 0 unspecified atom stereocenters. The highest BCUT2D eigenvalue weighted by atomic mass is 16.7. The van der Waals surface area contributed by atoms with Gasteiger partial charge < -0.3 is 5.11 Å². The van der Waals surface area contributed by atoms with Gasteiger partial charge >= 0.3 is 5.71 Å². The van der Waals surface area contributed by atoms with Crippen molar-refractivity contribution in [3.8, 4) is 0 Å². The first-order valence-corrected chi connectivity index (χ1v) is 6.31. The highest BCUT2D eigenvalue weighted by Gasteiger charge is 2.41. The van der Waals surface area contributed by atoms with Crippen LogP contribution >= 0.6 is 0 Å². The average molecular weight is 268 g/mol. The van der Waals surface area contributed by atoms with Crippen LogP contribution in [0.1, 0.15) is 21.5 Å². The summed E-state index contributed by atoms with van der Waals surface area (Å²) < 4.78 is 1.55. The standard InChI is InChI=1S/C16H14NO3/c1-20-17-14-5-3-2-4-13(14)16(19)15(17)12-8-6-11(10-18)7-9-12/h2-9,18H,10H2,1H3/q+1. The van der Waals surface area contributed by atoms with E-state index in [9.17, 15) is 4.79 Å². The molecule has 1 aliphatic rings. The number of aliphatic hydroxyl groups excluding tert-OH is 1. The fraction of sp³-hybridized carbons (Fsp3) is 0.125. The third-order valence-electron chi connectivity index (χ3n) is 3.38. The number of carbonyl (C=O) groups excluding carboxylic acids is 1. The molecule has 0 saturated carbocycles. The van der Waals surface area contributed by atoms with E-state index in [0.29, 0.717) is 11.3 Å². The van der Waals surface area contributed by atoms with E-state index in [1.807, 2.05) is 30.3 Å². The second-order valence-corrected chi connectivity index (χ2v) is 4.53. The number of para-hydroxylation sites is 1. The van der Waals surface area contributed by atoms with Crippen LogP contribution in [-0.4, -0.2) is 28.5 Å². The first-order chi connectivity index (χ1) is 9.76. The summed E-state index contributed by atoms with van der Waals surface area (Å²) in [7, 11) is 1.54. The van der Waals surface area contributed by atoms with Crippen molar-refractivity contribution in [2.24, 2.45) is 0 Å². The summed E-state index contributed by atoms with van der Waals surface area (Å²) in [5, 5.41) is 9.08. The molecule has 1 aliphatic heterocycles. The van der Waals surface area contributed by atoms with Crippen molar-refractivity contribution < 1.29 is 19.5 Å². The van der Waals surface area contributed by atoms with E-state index in [-0.39, 0.29) is 12.4 Å². The largest absolute Gasteiger partial charge is 0.392 e. The molecule has 3 rings (SSSR count). The molecule has 0 saturated heterocycles. The monoisotopic (exact) mass is 268 g/mol. The Morgan fingerprint density at radius 3 is 2.45 bits per heavy atom. The minimum Gasteiger partial charge on any atom is -0.392 e. The molecule has 4 nitrogen and oxygen atoms in total. The van der Waals surface area contributed by atoms with Crippen LogP contribution in [0.5, 0.6) is 0 Å². The molecule has 20 heavy (non-hydrogen) atoms. The summed E-state index contributed by atoms with van der Waals surface area (Å²) in [6.45, 7) is -0.0161. The second kappa shape index (κ2) is 4.90. The Hall–Kier alpha value is -2.46. The lowest BCUT2D eigenvalue weighted by molar-refractivity contribution is -0.717. The van der Waals surface area contributed by atoms with Crippen LogP contribution in [0, 0.1) is 0 Å². The number of hydrogen-bond donors (Lipinski definition) is 1. The molecule has 0 amide bonds. The van der Waals surface area contributed by atoms with E-state index in [1.165, 1.54) is 7.11 Å². The minimum absolute atomic E-state index is 0.0161. The van der Waals surface area contributed by atoms with Gasteiger partial charge in [0.15, 0.2) is 0 Å². The molecule has 0 atom stereocenters. The van der Waals surface area contributed by atoms with Crippen LogP contribution in [0.15, 0.2) is 48.5 Å². The van der Waals surface area contributed by atoms with E-state index < -0.39 is 0 Å². The zero-order valence-corrected chi connectivity index (χ0v) is 11.0. The van der Waals surface area contributed by atoms with Gasteiger partial charge in [-0.25, -0.2) is 0 Å². The van der Waals surface area contributed by atoms with Crippen LogP contribution in [0.25, 0.3) is 0 Å². The number of nitrogens with zero attached hydrogens (tertiary/aromatic N) is 1. The maximum absolute atomic E-state index is 12.5. The maximum atomic E-state index is 12.5. The van der Waals surface area contributed by atoms with Gasteiger partial charge in [0.05, 0.1) is 12.2 Å². The molecule has 0 aromatic heterocycles. The molecule has 0 radical (unpaired) electrons. The number of benzene rings is 2. The molecule has 0 spiro atoms. The minimum atomic E-state index is -0.0563. The summed E-state index contributed by atoms with van der Waals surface area (Å²) in [5.41, 5.74) is 3.46. The fourth-order valence-electron chi connectivity index (χ4n) is 2.39. The first kappa shape index (κ1) is 12.6. The zero-order chi connectivity index (χ0) is 14.1. The quantitative estimate of drug-likeness (QED) is 0.867. The Balaban J connectivity index is 2.14. The Bertz CT molecular complexity index is 702. The number of ketones is 1. The molecule has 2 aromatic carbocycles. The highest BCUT2D eigenvalue weighted by molar-refractivity contribution is 6.51. The van der Waals surface area contributed by atoms with Crippen molar-refractivity contribution in [2.45, 2.75) is 6.61 Å². The van der Waals surface area contributed by atoms with Crippen LogP contribution in [-0.2, 0) is 11.4 Å². The Labute approximate surface area is 116 Å². The van der Waals surface area contributed by atoms with Crippen molar-refractivity contribution >= 4 is 17.2 Å². The van der Waals surface area contributed by atoms with Crippen LogP contribution < -0.4 is 0 Å². The van der Waals surface area contributed by atoms with E-state index in [1.54, 1.807) is 22.9 Å². The van der Waals surface area contributed by atoms with Crippen LogP contribution in [0.2, 0.25) is 0 Å². The van der Waals surface area contributed by atoms with Gasteiger partial charge in [0.1, 0.15) is 12.7 Å². The molecule has 0 aliphatic carbocycles. The summed E-state index contributed by atoms with van der Waals surface area (Å²) >= 11 is 0. The molecule has 0 bridgehead atoms. The third-order valence-corrected chi connectivity index (χ3v) is 3.38. The van der Waals surface area contributed by atoms with E-state index in [4.69, 9.17) is 9.94 Å². The predicted molar refractivity (Wildman–Crippen MR) is 74.2 cm³/mol. The van der Waals surface area contributed by atoms with Crippen molar-refractivity contribution in [1.82, 2.24) is 0 Å². The SMILES string of the molecule is CO[N+]1=C(c2ccc(CO)cc2)C(=O)c2ccccc21. The lowest BCUT2D eigenvalue weighted by atomic mass is 10.0. The number of Topliss-reactive ketones (excluding diaryl/α,β-unsaturated/α-hetero) is 1. The molecule has 1 N–H and O–H groups in total. The second-order valence-electron chi connectivity index (χ2n) is 4.53. The average Bonchev–Trinajstić information content (AvgIpc) is 2.80. The van der Waals surface area contributed by atoms with Crippen molar-refractivity contribution in [3.05, 3.63) is 65.2 Å². The number of carbonyl (C=O) groups is 1. The zero-order valence-electron chi connectivity index (χ0n) is 11.0. The Morgan fingerprint density at radius 1 is 1.10 bits per heavy atom. The number of rotatable bonds is 3. The molecular weight excluding hydrogens is 254 g/mol. The van der Waals surface area contributed by atoms with E-state index >= 15 is 0 Å². The summed E-state index contributed by atoms with van der Waals surface area (Å²) in [5.74, 6) is -0.0563. The molecular formula is C16H14NO3+. The molecule has 0 fully saturated rings. The maximum Gasteiger partial charge on any atom is 0.313 e. The van der Waals surface area contributed by atoms with Gasteiger partial charge in [-0.2, -0.15) is 0 Å². The Kier molecular flexibility index (Phi) is 3.08. The van der Waals surface area contributed by atoms with E-state index in [0.717, 1.165) is 16.8 Å². The van der Waals surface area contributed by atoms with Gasteiger partial charge in [0.2, 0.25) is 0 Å². The summed E-state index contributed by atoms with van der Waals surface area (Å²) in [6.07, 6.45) is 0. The Morgan fingerprint density at radius 2 is 1.80 bits per heavy atom. The van der Waals surface area contributed by atoms with Gasteiger partial charge in [0, 0.05) is 10.8 Å². The number of aliphatic hydroxyl groups is 1. The summed E-state index contributed by atoms with van der Waals surface area (Å²) in [6, 6.07) is 14.6. The molecule has 100 valence electrons. The lowest BCUT2D eigenvalue weighted by Gasteiger charge is -1.99. The lowest BCUT2D eigenvalue weighted by Crippen LogP contribution is -2.19. The van der Waals surface area contributed by atoms with Gasteiger partial charge in [-0.3, -0.25) is 9.63 Å². The predicted octanol–water partition coefficient (Wildman–Crippen LogP) is 2.07. The molecule has 1 heterocycles. The molecule has 2 aromatic rings. The highest BCUT2D eigenvalue weighted by Crippen LogP contribution is 2.28. The van der Waals surface area contributed by atoms with E-state index in [2.05, 4.69) is 0 Å². The van der Waals surface area contributed by atoms with Crippen molar-refractivity contribution in [3.63, 3.8) is 0 Å². The van der Waals surface area contributed by atoms with Crippen molar-refractivity contribution in [1.29, 1.82) is 0 Å². The van der Waals surface area contributed by atoms with Gasteiger partial charge in [-0.05, 0) is 23.8 Å². The van der Waals surface area contributed by atoms with Gasteiger partial charge in [-0.15, -0.1) is 0 Å². The van der Waals surface area contributed by atoms with Gasteiger partial charge in [-0.1, -0.05) is 24.3 Å². The van der Waals surface area contributed by atoms with Gasteiger partial charge in [0.25, 0.3) is 11.5 Å². The number of fused-ring (bicyclic) bond motifs is 1. The fourth-order valence-corrected chi connectivity index (χ4v) is 2.39. The smallest absolute Gasteiger partial charge is 0.313 e. The topological polar surface area (TPSA) is 49.5 Å². The molecule has 4 heteroatoms. The first-order valence-electron chi connectivity index (χ1n) is 6.31. The third kappa shape index (κ3) is 1.82. The van der Waals surface area contributed by atoms with Crippen LogP contribution in [0.4, 0.5) is 5.69 Å². The normalized spacial score (nSPS) is 13.6.